The zero-order valence-corrected chi connectivity index (χ0v) is 13.8. The summed E-state index contributed by atoms with van der Waals surface area (Å²) in [4.78, 5) is 14.3. The van der Waals surface area contributed by atoms with Gasteiger partial charge in [0.2, 0.25) is 0 Å². The number of aromatic nitrogens is 2. The van der Waals surface area contributed by atoms with Crippen LogP contribution >= 0.6 is 0 Å². The zero-order valence-electron chi connectivity index (χ0n) is 13.8. The summed E-state index contributed by atoms with van der Waals surface area (Å²) in [5.41, 5.74) is 2.28. The minimum Gasteiger partial charge on any atom is -0.468 e. The average molecular weight is 317 g/mol. The van der Waals surface area contributed by atoms with Crippen LogP contribution in [0.5, 0.6) is 5.95 Å². The Morgan fingerprint density at radius 2 is 2.13 bits per heavy atom. The van der Waals surface area contributed by atoms with Crippen molar-refractivity contribution in [3.63, 3.8) is 0 Å². The molecule has 1 amide bonds. The highest BCUT2D eigenvalue weighted by molar-refractivity contribution is 5.91. The van der Waals surface area contributed by atoms with Gasteiger partial charge in [0.15, 0.2) is 5.76 Å². The van der Waals surface area contributed by atoms with E-state index in [1.165, 1.54) is 12.8 Å². The van der Waals surface area contributed by atoms with E-state index in [0.717, 1.165) is 31.6 Å². The summed E-state index contributed by atoms with van der Waals surface area (Å²) in [6.07, 6.45) is 1.87. The van der Waals surface area contributed by atoms with Gasteiger partial charge in [0.05, 0.1) is 12.8 Å². The maximum atomic E-state index is 12.4. The van der Waals surface area contributed by atoms with Gasteiger partial charge in [-0.05, 0) is 30.9 Å². The Morgan fingerprint density at radius 1 is 1.39 bits per heavy atom. The fourth-order valence-electron chi connectivity index (χ4n) is 2.95. The van der Waals surface area contributed by atoms with Crippen molar-refractivity contribution >= 4 is 5.91 Å². The number of nitrogens with one attached hydrogen (secondary N) is 1. The van der Waals surface area contributed by atoms with Crippen LogP contribution in [0.3, 0.4) is 0 Å². The Kier molecular flexibility index (Phi) is 4.41. The number of hydrogen-bond donors (Lipinski definition) is 1. The Balaban J connectivity index is 1.60. The first-order chi connectivity index (χ1) is 11.1. The molecule has 1 aliphatic rings. The molecule has 1 aliphatic heterocycles. The number of furan rings is 1. The van der Waals surface area contributed by atoms with Gasteiger partial charge in [-0.15, -0.1) is 0 Å². The second-order valence-electron chi connectivity index (χ2n) is 6.29. The first kappa shape index (κ1) is 15.6. The molecular weight excluding hydrogens is 294 g/mol. The molecule has 0 aliphatic carbocycles. The van der Waals surface area contributed by atoms with Crippen LogP contribution < -0.4 is 4.74 Å². The highest BCUT2D eigenvalue weighted by atomic mass is 16.6. The molecule has 1 saturated heterocycles. The summed E-state index contributed by atoms with van der Waals surface area (Å²) < 4.78 is 10.3. The van der Waals surface area contributed by atoms with Gasteiger partial charge < -0.3 is 14.1 Å². The van der Waals surface area contributed by atoms with Gasteiger partial charge in [0.1, 0.15) is 0 Å². The van der Waals surface area contributed by atoms with E-state index in [9.17, 15) is 4.79 Å². The lowest BCUT2D eigenvalue weighted by Crippen LogP contribution is -2.37. The molecule has 0 saturated carbocycles. The van der Waals surface area contributed by atoms with Crippen molar-refractivity contribution in [2.75, 3.05) is 20.2 Å². The molecule has 0 aromatic carbocycles. The monoisotopic (exact) mass is 317 g/mol. The molecule has 0 unspecified atom stereocenters. The summed E-state index contributed by atoms with van der Waals surface area (Å²) in [5, 5.41) is 7.53. The number of H-pyrrole nitrogens is 1. The van der Waals surface area contributed by atoms with E-state index in [1.807, 2.05) is 4.90 Å². The molecule has 3 rings (SSSR count). The normalized spacial score (nSPS) is 16.1. The number of ether oxygens (including phenoxy) is 1. The number of carbonyl (C=O) groups excluding carboxylic acids is 1. The predicted octanol–water partition coefficient (Wildman–Crippen LogP) is 3.15. The average Bonchev–Trinajstić information content (AvgIpc) is 3.23. The largest absolute Gasteiger partial charge is 0.468 e. The van der Waals surface area contributed by atoms with Crippen molar-refractivity contribution in [1.82, 2.24) is 15.1 Å². The molecule has 0 radical (unpaired) electrons. The number of rotatable bonds is 4. The number of carbonyl (C=O) groups is 1. The standard InChI is InChI=1S/C17H23N3O3/c1-11(2)13-10-14(19-18-13)12-6-8-20(9-7-12)17(21)15-4-5-16(22-3)23-15/h4-5,10-12H,6-9H2,1-3H3,(H,18,19). The maximum absolute atomic E-state index is 12.4. The lowest BCUT2D eigenvalue weighted by Gasteiger charge is -2.30. The number of hydrogen-bond acceptors (Lipinski definition) is 4. The maximum Gasteiger partial charge on any atom is 0.289 e. The first-order valence-corrected chi connectivity index (χ1v) is 8.06. The second kappa shape index (κ2) is 6.48. The van der Waals surface area contributed by atoms with Crippen LogP contribution in [0.1, 0.15) is 60.5 Å². The third-order valence-corrected chi connectivity index (χ3v) is 4.42. The number of piperidine rings is 1. The van der Waals surface area contributed by atoms with Gasteiger partial charge in [-0.2, -0.15) is 5.10 Å². The fourth-order valence-corrected chi connectivity index (χ4v) is 2.95. The molecule has 6 nitrogen and oxygen atoms in total. The van der Waals surface area contributed by atoms with Gasteiger partial charge in [0.25, 0.3) is 11.9 Å². The SMILES string of the molecule is COc1ccc(C(=O)N2CCC(c3cc(C(C)C)n[nH]3)CC2)o1. The van der Waals surface area contributed by atoms with E-state index in [4.69, 9.17) is 9.15 Å². The van der Waals surface area contributed by atoms with Gasteiger partial charge in [-0.1, -0.05) is 13.8 Å². The Hall–Kier alpha value is -2.24. The van der Waals surface area contributed by atoms with Crippen LogP contribution in [0, 0.1) is 0 Å². The molecule has 23 heavy (non-hydrogen) atoms. The minimum absolute atomic E-state index is 0.0702. The molecule has 3 heterocycles. The van der Waals surface area contributed by atoms with Gasteiger partial charge in [-0.25, -0.2) is 0 Å². The van der Waals surface area contributed by atoms with Crippen LogP contribution in [0.2, 0.25) is 0 Å². The molecule has 0 spiro atoms. The fraction of sp³-hybridized carbons (Fsp3) is 0.529. The third kappa shape index (κ3) is 3.25. The smallest absolute Gasteiger partial charge is 0.289 e. The molecule has 2 aromatic rings. The van der Waals surface area contributed by atoms with Crippen LogP contribution in [0.25, 0.3) is 0 Å². The number of likely N-dealkylation sites (tertiary alicyclic amines) is 1. The molecule has 1 N–H and O–H groups in total. The van der Waals surface area contributed by atoms with Crippen molar-refractivity contribution in [2.24, 2.45) is 0 Å². The minimum atomic E-state index is -0.0702. The lowest BCUT2D eigenvalue weighted by atomic mass is 9.93. The molecular formula is C17H23N3O3. The first-order valence-electron chi connectivity index (χ1n) is 8.06. The van der Waals surface area contributed by atoms with Gasteiger partial charge in [-0.3, -0.25) is 9.89 Å². The topological polar surface area (TPSA) is 71.4 Å². The highest BCUT2D eigenvalue weighted by Gasteiger charge is 2.27. The van der Waals surface area contributed by atoms with Gasteiger partial charge in [0, 0.05) is 30.8 Å². The molecule has 2 aromatic heterocycles. The summed E-state index contributed by atoms with van der Waals surface area (Å²) in [6.45, 7) is 5.73. The van der Waals surface area contributed by atoms with E-state index in [-0.39, 0.29) is 5.91 Å². The Labute approximate surface area is 135 Å². The lowest BCUT2D eigenvalue weighted by molar-refractivity contribution is 0.0674. The number of nitrogens with zero attached hydrogens (tertiary/aromatic N) is 2. The molecule has 0 atom stereocenters. The summed E-state index contributed by atoms with van der Waals surface area (Å²) in [5.74, 6) is 1.49. The molecule has 6 heteroatoms. The quantitative estimate of drug-likeness (QED) is 0.940. The highest BCUT2D eigenvalue weighted by Crippen LogP contribution is 2.29. The molecule has 0 bridgehead atoms. The van der Waals surface area contributed by atoms with Crippen molar-refractivity contribution in [2.45, 2.75) is 38.5 Å². The Morgan fingerprint density at radius 3 is 2.70 bits per heavy atom. The third-order valence-electron chi connectivity index (χ3n) is 4.42. The van der Waals surface area contributed by atoms with Crippen molar-refractivity contribution in [1.29, 1.82) is 0 Å². The summed E-state index contributed by atoms with van der Waals surface area (Å²) in [6, 6.07) is 5.49. The number of amides is 1. The predicted molar refractivity (Wildman–Crippen MR) is 85.8 cm³/mol. The van der Waals surface area contributed by atoms with E-state index in [1.54, 1.807) is 12.1 Å². The molecule has 1 fully saturated rings. The summed E-state index contributed by atoms with van der Waals surface area (Å²) >= 11 is 0. The van der Waals surface area contributed by atoms with Crippen molar-refractivity contribution in [3.05, 3.63) is 35.3 Å². The van der Waals surface area contributed by atoms with E-state index in [0.29, 0.717) is 23.5 Å². The van der Waals surface area contributed by atoms with Crippen LogP contribution in [-0.4, -0.2) is 41.2 Å². The van der Waals surface area contributed by atoms with E-state index >= 15 is 0 Å². The van der Waals surface area contributed by atoms with Crippen LogP contribution in [-0.2, 0) is 0 Å². The zero-order chi connectivity index (χ0) is 16.4. The number of aromatic amines is 1. The van der Waals surface area contributed by atoms with Crippen molar-refractivity contribution < 1.29 is 13.9 Å². The Bertz CT molecular complexity index is 666. The van der Waals surface area contributed by atoms with Gasteiger partial charge >= 0.3 is 0 Å². The van der Waals surface area contributed by atoms with Crippen LogP contribution in [0.4, 0.5) is 0 Å². The number of methoxy groups -OCH3 is 1. The van der Waals surface area contributed by atoms with E-state index in [2.05, 4.69) is 30.1 Å². The van der Waals surface area contributed by atoms with Crippen molar-refractivity contribution in [3.8, 4) is 5.95 Å². The second-order valence-corrected chi connectivity index (χ2v) is 6.29. The van der Waals surface area contributed by atoms with E-state index < -0.39 is 0 Å². The molecule has 124 valence electrons. The summed E-state index contributed by atoms with van der Waals surface area (Å²) in [7, 11) is 1.52. The van der Waals surface area contributed by atoms with Crippen LogP contribution in [0.15, 0.2) is 22.6 Å².